The first-order valence-corrected chi connectivity index (χ1v) is 8.80. The van der Waals surface area contributed by atoms with Crippen LogP contribution in [0.5, 0.6) is 0 Å². The monoisotopic (exact) mass is 386 g/mol. The molecule has 4 nitrogen and oxygen atoms in total. The van der Waals surface area contributed by atoms with Crippen LogP contribution in [0.3, 0.4) is 0 Å². The third-order valence-corrected chi connectivity index (χ3v) is 4.74. The maximum Gasteiger partial charge on any atom is 0.251 e. The minimum Gasteiger partial charge on any atom is -0.346 e. The molecule has 1 unspecified atom stereocenters. The number of carbonyl (C=O) groups excluding carboxylic acids is 2. The van der Waals surface area contributed by atoms with Gasteiger partial charge in [-0.3, -0.25) is 9.59 Å². The lowest BCUT2D eigenvalue weighted by molar-refractivity contribution is -0.117. The third kappa shape index (κ3) is 3.67. The van der Waals surface area contributed by atoms with Crippen molar-refractivity contribution in [3.8, 4) is 0 Å². The Hall–Kier alpha value is -2.14. The van der Waals surface area contributed by atoms with Crippen LogP contribution < -0.4 is 10.2 Å². The second kappa shape index (κ2) is 7.18. The number of anilines is 1. The van der Waals surface area contributed by atoms with Crippen LogP contribution in [0.4, 0.5) is 5.69 Å². The van der Waals surface area contributed by atoms with E-state index in [4.69, 9.17) is 0 Å². The molecule has 2 aromatic carbocycles. The van der Waals surface area contributed by atoms with Gasteiger partial charge in [0.1, 0.15) is 0 Å². The third-order valence-electron chi connectivity index (χ3n) is 4.21. The molecule has 5 heteroatoms. The number of nitrogens with one attached hydrogen (secondary N) is 1. The fourth-order valence-electron chi connectivity index (χ4n) is 2.85. The molecular weight excluding hydrogens is 368 g/mol. The van der Waals surface area contributed by atoms with E-state index in [9.17, 15) is 9.59 Å². The van der Waals surface area contributed by atoms with Gasteiger partial charge in [0.15, 0.2) is 0 Å². The van der Waals surface area contributed by atoms with Gasteiger partial charge < -0.3 is 10.2 Å². The van der Waals surface area contributed by atoms with Gasteiger partial charge in [-0.15, -0.1) is 0 Å². The van der Waals surface area contributed by atoms with Crippen molar-refractivity contribution >= 4 is 33.4 Å². The molecule has 1 aliphatic rings. The van der Waals surface area contributed by atoms with Gasteiger partial charge in [0, 0.05) is 28.7 Å². The lowest BCUT2D eigenvalue weighted by Gasteiger charge is -2.18. The van der Waals surface area contributed by atoms with Crippen molar-refractivity contribution in [3.05, 3.63) is 64.1 Å². The normalized spacial score (nSPS) is 15.4. The van der Waals surface area contributed by atoms with Crippen molar-refractivity contribution in [1.82, 2.24) is 5.32 Å². The Bertz CT molecular complexity index is 758. The minimum atomic E-state index is -0.140. The SMILES string of the molecule is CC(NC(=O)c1cccc(N2CCCC2=O)c1)c1ccc(Br)cc1. The summed E-state index contributed by atoms with van der Waals surface area (Å²) in [5, 5.41) is 3.00. The predicted octanol–water partition coefficient (Wildman–Crippen LogP) is 4.07. The highest BCUT2D eigenvalue weighted by Gasteiger charge is 2.22. The van der Waals surface area contributed by atoms with Gasteiger partial charge in [-0.05, 0) is 49.2 Å². The molecule has 0 bridgehead atoms. The highest BCUT2D eigenvalue weighted by Crippen LogP contribution is 2.23. The van der Waals surface area contributed by atoms with E-state index in [1.807, 2.05) is 43.3 Å². The Labute approximate surface area is 150 Å². The summed E-state index contributed by atoms with van der Waals surface area (Å²) in [6.07, 6.45) is 1.45. The zero-order valence-corrected chi connectivity index (χ0v) is 15.0. The molecule has 0 spiro atoms. The number of halogens is 1. The smallest absolute Gasteiger partial charge is 0.251 e. The van der Waals surface area contributed by atoms with Crippen molar-refractivity contribution < 1.29 is 9.59 Å². The van der Waals surface area contributed by atoms with Crippen molar-refractivity contribution in [1.29, 1.82) is 0 Å². The molecule has 0 aromatic heterocycles. The number of carbonyl (C=O) groups is 2. The van der Waals surface area contributed by atoms with Gasteiger partial charge in [-0.2, -0.15) is 0 Å². The van der Waals surface area contributed by atoms with Crippen LogP contribution >= 0.6 is 15.9 Å². The fraction of sp³-hybridized carbons (Fsp3) is 0.263. The van der Waals surface area contributed by atoms with Crippen LogP contribution in [0.25, 0.3) is 0 Å². The summed E-state index contributed by atoms with van der Waals surface area (Å²) >= 11 is 3.41. The van der Waals surface area contributed by atoms with E-state index in [0.29, 0.717) is 12.0 Å². The average Bonchev–Trinajstić information content (AvgIpc) is 3.01. The Balaban J connectivity index is 1.73. The topological polar surface area (TPSA) is 49.4 Å². The van der Waals surface area contributed by atoms with Gasteiger partial charge in [0.05, 0.1) is 6.04 Å². The zero-order chi connectivity index (χ0) is 17.1. The summed E-state index contributed by atoms with van der Waals surface area (Å²) in [7, 11) is 0. The van der Waals surface area contributed by atoms with Crippen molar-refractivity contribution in [3.63, 3.8) is 0 Å². The summed E-state index contributed by atoms with van der Waals surface area (Å²) < 4.78 is 1.01. The highest BCUT2D eigenvalue weighted by atomic mass is 79.9. The first-order chi connectivity index (χ1) is 11.5. The minimum absolute atomic E-state index is 0.0947. The molecule has 124 valence electrons. The van der Waals surface area contributed by atoms with E-state index in [-0.39, 0.29) is 17.9 Å². The quantitative estimate of drug-likeness (QED) is 0.860. The lowest BCUT2D eigenvalue weighted by atomic mass is 10.1. The van der Waals surface area contributed by atoms with Crippen LogP contribution in [0.15, 0.2) is 53.0 Å². The van der Waals surface area contributed by atoms with E-state index in [1.54, 1.807) is 17.0 Å². The predicted molar refractivity (Wildman–Crippen MR) is 98.1 cm³/mol. The van der Waals surface area contributed by atoms with Crippen LogP contribution in [0.1, 0.15) is 41.7 Å². The number of rotatable bonds is 4. The van der Waals surface area contributed by atoms with Crippen LogP contribution in [-0.2, 0) is 4.79 Å². The summed E-state index contributed by atoms with van der Waals surface area (Å²) in [6.45, 7) is 2.67. The summed E-state index contributed by atoms with van der Waals surface area (Å²) in [5.41, 5.74) is 2.40. The zero-order valence-electron chi connectivity index (χ0n) is 13.5. The molecule has 0 radical (unpaired) electrons. The Morgan fingerprint density at radius 2 is 1.96 bits per heavy atom. The Morgan fingerprint density at radius 3 is 2.62 bits per heavy atom. The molecule has 1 aliphatic heterocycles. The van der Waals surface area contributed by atoms with Crippen LogP contribution in [-0.4, -0.2) is 18.4 Å². The molecule has 0 saturated carbocycles. The van der Waals surface area contributed by atoms with Crippen molar-refractivity contribution in [2.75, 3.05) is 11.4 Å². The lowest BCUT2D eigenvalue weighted by Crippen LogP contribution is -2.27. The maximum absolute atomic E-state index is 12.5. The number of benzene rings is 2. The number of hydrogen-bond donors (Lipinski definition) is 1. The molecule has 1 saturated heterocycles. The largest absolute Gasteiger partial charge is 0.346 e. The second-order valence-corrected chi connectivity index (χ2v) is 6.86. The van der Waals surface area contributed by atoms with E-state index >= 15 is 0 Å². The number of amides is 2. The van der Waals surface area contributed by atoms with Gasteiger partial charge in [0.2, 0.25) is 5.91 Å². The molecule has 2 amide bonds. The molecule has 1 heterocycles. The van der Waals surface area contributed by atoms with Gasteiger partial charge >= 0.3 is 0 Å². The molecule has 2 aromatic rings. The van der Waals surface area contributed by atoms with Gasteiger partial charge in [-0.1, -0.05) is 34.1 Å². The Morgan fingerprint density at radius 1 is 1.21 bits per heavy atom. The van der Waals surface area contributed by atoms with E-state index in [2.05, 4.69) is 21.2 Å². The average molecular weight is 387 g/mol. The van der Waals surface area contributed by atoms with Crippen molar-refractivity contribution in [2.24, 2.45) is 0 Å². The fourth-order valence-corrected chi connectivity index (χ4v) is 3.12. The van der Waals surface area contributed by atoms with E-state index in [1.165, 1.54) is 0 Å². The first kappa shape index (κ1) is 16.7. The van der Waals surface area contributed by atoms with Crippen LogP contribution in [0, 0.1) is 0 Å². The highest BCUT2D eigenvalue weighted by molar-refractivity contribution is 9.10. The number of nitrogens with zero attached hydrogens (tertiary/aromatic N) is 1. The second-order valence-electron chi connectivity index (χ2n) is 5.95. The molecule has 0 aliphatic carbocycles. The maximum atomic E-state index is 12.5. The molecule has 3 rings (SSSR count). The standard InChI is InChI=1S/C19H19BrN2O2/c1-13(14-7-9-16(20)10-8-14)21-19(24)15-4-2-5-17(12-15)22-11-3-6-18(22)23/h2,4-5,7-10,12-13H,3,6,11H2,1H3,(H,21,24). The summed E-state index contributed by atoms with van der Waals surface area (Å²) in [6, 6.07) is 15.0. The van der Waals surface area contributed by atoms with Gasteiger partial charge in [-0.25, -0.2) is 0 Å². The summed E-state index contributed by atoms with van der Waals surface area (Å²) in [5.74, 6) is -0.0188. The molecule has 24 heavy (non-hydrogen) atoms. The van der Waals surface area contributed by atoms with Gasteiger partial charge in [0.25, 0.3) is 5.91 Å². The van der Waals surface area contributed by atoms with Crippen LogP contribution in [0.2, 0.25) is 0 Å². The number of hydrogen-bond acceptors (Lipinski definition) is 2. The Kier molecular flexibility index (Phi) is 5.00. The summed E-state index contributed by atoms with van der Waals surface area (Å²) in [4.78, 5) is 26.1. The molecular formula is C19H19BrN2O2. The van der Waals surface area contributed by atoms with Crippen molar-refractivity contribution in [2.45, 2.75) is 25.8 Å². The first-order valence-electron chi connectivity index (χ1n) is 8.01. The van der Waals surface area contributed by atoms with E-state index in [0.717, 1.165) is 28.7 Å². The van der Waals surface area contributed by atoms with E-state index < -0.39 is 0 Å². The molecule has 1 N–H and O–H groups in total. The molecule has 1 fully saturated rings. The molecule has 1 atom stereocenters.